The lowest BCUT2D eigenvalue weighted by Crippen LogP contribution is -2.27. The second-order valence-electron chi connectivity index (χ2n) is 3.58. The van der Waals surface area contributed by atoms with Crippen LogP contribution < -0.4 is 5.69 Å². The van der Waals surface area contributed by atoms with Crippen LogP contribution in [0.4, 0.5) is 0 Å². The van der Waals surface area contributed by atoms with Crippen molar-refractivity contribution < 1.29 is 9.53 Å². The SMILES string of the molecule is CCOC(=O)Cn1ncn(-c2ccccc2)c1=O. The zero-order valence-electron chi connectivity index (χ0n) is 9.94. The third-order valence-corrected chi connectivity index (χ3v) is 2.35. The second-order valence-corrected chi connectivity index (χ2v) is 3.58. The molecule has 0 unspecified atom stereocenters. The van der Waals surface area contributed by atoms with Gasteiger partial charge >= 0.3 is 11.7 Å². The van der Waals surface area contributed by atoms with Gasteiger partial charge in [0.25, 0.3) is 0 Å². The van der Waals surface area contributed by atoms with Gasteiger partial charge in [-0.3, -0.25) is 4.79 Å². The Morgan fingerprint density at radius 2 is 2.06 bits per heavy atom. The van der Waals surface area contributed by atoms with Crippen LogP contribution in [0.2, 0.25) is 0 Å². The van der Waals surface area contributed by atoms with Gasteiger partial charge in [-0.15, -0.1) is 0 Å². The fourth-order valence-electron chi connectivity index (χ4n) is 1.54. The van der Waals surface area contributed by atoms with Crippen molar-refractivity contribution in [2.75, 3.05) is 6.61 Å². The third-order valence-electron chi connectivity index (χ3n) is 2.35. The second kappa shape index (κ2) is 5.31. The molecule has 2 rings (SSSR count). The van der Waals surface area contributed by atoms with Gasteiger partial charge in [-0.1, -0.05) is 18.2 Å². The quantitative estimate of drug-likeness (QED) is 0.742. The summed E-state index contributed by atoms with van der Waals surface area (Å²) in [7, 11) is 0. The van der Waals surface area contributed by atoms with Gasteiger partial charge in [-0.2, -0.15) is 5.10 Å². The maximum atomic E-state index is 12.0. The van der Waals surface area contributed by atoms with Crippen LogP contribution in [0.5, 0.6) is 0 Å². The highest BCUT2D eigenvalue weighted by Gasteiger charge is 2.10. The van der Waals surface area contributed by atoms with E-state index < -0.39 is 5.97 Å². The Labute approximate surface area is 103 Å². The average molecular weight is 247 g/mol. The molecule has 0 aliphatic heterocycles. The molecule has 0 saturated carbocycles. The molecule has 0 fully saturated rings. The number of hydrogen-bond donors (Lipinski definition) is 0. The summed E-state index contributed by atoms with van der Waals surface area (Å²) >= 11 is 0. The van der Waals surface area contributed by atoms with Crippen molar-refractivity contribution >= 4 is 5.97 Å². The lowest BCUT2D eigenvalue weighted by molar-refractivity contribution is -0.144. The monoisotopic (exact) mass is 247 g/mol. The van der Waals surface area contributed by atoms with Crippen LogP contribution in [0.3, 0.4) is 0 Å². The highest BCUT2D eigenvalue weighted by Crippen LogP contribution is 2.02. The number of para-hydroxylation sites is 1. The summed E-state index contributed by atoms with van der Waals surface area (Å²) in [5, 5.41) is 3.88. The summed E-state index contributed by atoms with van der Waals surface area (Å²) in [5.41, 5.74) is 0.340. The molecule has 1 aromatic heterocycles. The summed E-state index contributed by atoms with van der Waals surface area (Å²) in [6, 6.07) is 9.09. The van der Waals surface area contributed by atoms with E-state index in [-0.39, 0.29) is 18.8 Å². The van der Waals surface area contributed by atoms with E-state index in [1.165, 1.54) is 10.9 Å². The standard InChI is InChI=1S/C12H13N3O3/c1-2-18-11(16)8-15-12(17)14(9-13-15)10-6-4-3-5-7-10/h3-7,9H,2,8H2,1H3. The van der Waals surface area contributed by atoms with Crippen LogP contribution in [0.1, 0.15) is 6.92 Å². The summed E-state index contributed by atoms with van der Waals surface area (Å²) in [5.74, 6) is -0.474. The van der Waals surface area contributed by atoms with Gasteiger partial charge in [-0.25, -0.2) is 14.0 Å². The first-order valence-electron chi connectivity index (χ1n) is 5.58. The van der Waals surface area contributed by atoms with E-state index in [0.29, 0.717) is 5.69 Å². The van der Waals surface area contributed by atoms with Crippen LogP contribution in [0.15, 0.2) is 41.5 Å². The topological polar surface area (TPSA) is 66.1 Å². The van der Waals surface area contributed by atoms with E-state index in [4.69, 9.17) is 4.74 Å². The number of benzene rings is 1. The van der Waals surface area contributed by atoms with Gasteiger partial charge in [0.1, 0.15) is 12.9 Å². The maximum Gasteiger partial charge on any atom is 0.350 e. The van der Waals surface area contributed by atoms with Crippen LogP contribution in [-0.2, 0) is 16.1 Å². The molecule has 18 heavy (non-hydrogen) atoms. The van der Waals surface area contributed by atoms with Gasteiger partial charge in [0.05, 0.1) is 12.3 Å². The van der Waals surface area contributed by atoms with Crippen LogP contribution in [-0.4, -0.2) is 26.9 Å². The first kappa shape index (κ1) is 12.1. The van der Waals surface area contributed by atoms with Crippen molar-refractivity contribution in [2.45, 2.75) is 13.5 Å². The Balaban J connectivity index is 2.25. The highest BCUT2D eigenvalue weighted by atomic mass is 16.5. The van der Waals surface area contributed by atoms with Gasteiger partial charge < -0.3 is 4.74 Å². The Morgan fingerprint density at radius 3 is 2.72 bits per heavy atom. The fraction of sp³-hybridized carbons (Fsp3) is 0.250. The molecule has 0 spiro atoms. The van der Waals surface area contributed by atoms with E-state index in [1.807, 2.05) is 18.2 Å². The van der Waals surface area contributed by atoms with E-state index in [0.717, 1.165) is 4.68 Å². The molecule has 94 valence electrons. The number of nitrogens with zero attached hydrogens (tertiary/aromatic N) is 3. The maximum absolute atomic E-state index is 12.0. The lowest BCUT2D eigenvalue weighted by Gasteiger charge is -2.00. The van der Waals surface area contributed by atoms with E-state index in [1.54, 1.807) is 19.1 Å². The Morgan fingerprint density at radius 1 is 1.33 bits per heavy atom. The number of carbonyl (C=O) groups excluding carboxylic acids is 1. The first-order valence-corrected chi connectivity index (χ1v) is 5.58. The highest BCUT2D eigenvalue weighted by molar-refractivity contribution is 5.68. The van der Waals surface area contributed by atoms with Crippen LogP contribution in [0, 0.1) is 0 Å². The predicted octanol–water partition coefficient (Wildman–Crippen LogP) is 0.597. The van der Waals surface area contributed by atoms with Gasteiger partial charge in [0, 0.05) is 0 Å². The number of carbonyl (C=O) groups is 1. The summed E-state index contributed by atoms with van der Waals surface area (Å²) in [6.07, 6.45) is 1.39. The molecule has 0 aliphatic rings. The Hall–Kier alpha value is -2.37. The summed E-state index contributed by atoms with van der Waals surface area (Å²) in [6.45, 7) is 1.82. The molecule has 0 radical (unpaired) electrons. The van der Waals surface area contributed by atoms with E-state index >= 15 is 0 Å². The van der Waals surface area contributed by atoms with Crippen molar-refractivity contribution in [2.24, 2.45) is 0 Å². The molecule has 0 aliphatic carbocycles. The largest absolute Gasteiger partial charge is 0.465 e. The molecule has 6 heteroatoms. The molecule has 6 nitrogen and oxygen atoms in total. The van der Waals surface area contributed by atoms with Crippen molar-refractivity contribution in [3.05, 3.63) is 47.1 Å². The third kappa shape index (κ3) is 2.48. The molecule has 0 saturated heterocycles. The minimum absolute atomic E-state index is 0.174. The average Bonchev–Trinajstić information content (AvgIpc) is 2.72. The summed E-state index contributed by atoms with van der Waals surface area (Å²) in [4.78, 5) is 23.2. The normalized spacial score (nSPS) is 10.3. The predicted molar refractivity (Wildman–Crippen MR) is 64.5 cm³/mol. The Kier molecular flexibility index (Phi) is 3.57. The van der Waals surface area contributed by atoms with Crippen molar-refractivity contribution in [1.29, 1.82) is 0 Å². The molecule has 0 amide bonds. The van der Waals surface area contributed by atoms with Crippen molar-refractivity contribution in [3.8, 4) is 5.69 Å². The number of rotatable bonds is 4. The molecule has 1 aromatic carbocycles. The zero-order chi connectivity index (χ0) is 13.0. The van der Waals surface area contributed by atoms with Crippen LogP contribution >= 0.6 is 0 Å². The molecule has 0 atom stereocenters. The van der Waals surface area contributed by atoms with Crippen LogP contribution in [0.25, 0.3) is 5.69 Å². The zero-order valence-corrected chi connectivity index (χ0v) is 9.94. The van der Waals surface area contributed by atoms with E-state index in [9.17, 15) is 9.59 Å². The van der Waals surface area contributed by atoms with Crippen molar-refractivity contribution in [1.82, 2.24) is 14.3 Å². The molecule has 1 heterocycles. The number of ether oxygens (including phenoxy) is 1. The van der Waals surface area contributed by atoms with Crippen molar-refractivity contribution in [3.63, 3.8) is 0 Å². The minimum Gasteiger partial charge on any atom is -0.465 e. The number of esters is 1. The first-order chi connectivity index (χ1) is 8.72. The number of aromatic nitrogens is 3. The minimum atomic E-state index is -0.474. The molecule has 0 bridgehead atoms. The van der Waals surface area contributed by atoms with Gasteiger partial charge in [0.15, 0.2) is 0 Å². The van der Waals surface area contributed by atoms with E-state index in [2.05, 4.69) is 5.10 Å². The summed E-state index contributed by atoms with van der Waals surface area (Å²) < 4.78 is 7.22. The number of hydrogen-bond acceptors (Lipinski definition) is 4. The molecular formula is C12H13N3O3. The Bertz CT molecular complexity index is 586. The van der Waals surface area contributed by atoms with Gasteiger partial charge in [0.2, 0.25) is 0 Å². The smallest absolute Gasteiger partial charge is 0.350 e. The molecule has 0 N–H and O–H groups in total. The molecular weight excluding hydrogens is 234 g/mol. The lowest BCUT2D eigenvalue weighted by atomic mass is 10.3. The molecule has 2 aromatic rings. The fourth-order valence-corrected chi connectivity index (χ4v) is 1.54. The van der Waals surface area contributed by atoms with Gasteiger partial charge in [-0.05, 0) is 19.1 Å².